The normalized spacial score (nSPS) is 17.0. The summed E-state index contributed by atoms with van der Waals surface area (Å²) in [6, 6.07) is 10.1. The van der Waals surface area contributed by atoms with Crippen LogP contribution in [0, 0.1) is 0 Å². The van der Waals surface area contributed by atoms with Gasteiger partial charge in [0.15, 0.2) is 0 Å². The molecule has 1 N–H and O–H groups in total. The van der Waals surface area contributed by atoms with E-state index in [2.05, 4.69) is 17.1 Å². The van der Waals surface area contributed by atoms with Crippen LogP contribution >= 0.6 is 11.8 Å². The number of thioether (sulfide) groups is 1. The van der Waals surface area contributed by atoms with E-state index < -0.39 is 0 Å². The van der Waals surface area contributed by atoms with Gasteiger partial charge in [0, 0.05) is 10.6 Å². The molecule has 1 aromatic carbocycles. The summed E-state index contributed by atoms with van der Waals surface area (Å²) in [6.07, 6.45) is 9.26. The van der Waals surface area contributed by atoms with E-state index >= 15 is 0 Å². The number of benzene rings is 1. The number of allylic oxidation sites excluding steroid dienone is 6. The molecule has 0 spiro atoms. The van der Waals surface area contributed by atoms with Gasteiger partial charge in [-0.05, 0) is 30.7 Å². The van der Waals surface area contributed by atoms with Crippen molar-refractivity contribution in [3.63, 3.8) is 0 Å². The number of nitrogens with one attached hydrogen (secondary N) is 1. The van der Waals surface area contributed by atoms with Crippen molar-refractivity contribution in [1.82, 2.24) is 5.43 Å². The van der Waals surface area contributed by atoms with E-state index in [-0.39, 0.29) is 5.91 Å². The van der Waals surface area contributed by atoms with E-state index in [1.165, 1.54) is 0 Å². The maximum atomic E-state index is 11.9. The van der Waals surface area contributed by atoms with Crippen LogP contribution in [0.2, 0.25) is 0 Å². The number of hydrazone groups is 1. The predicted molar refractivity (Wildman–Crippen MR) is 93.9 cm³/mol. The number of nitrogens with zero attached hydrogens (tertiary/aromatic N) is 1. The summed E-state index contributed by atoms with van der Waals surface area (Å²) in [5.41, 5.74) is 4.87. The minimum absolute atomic E-state index is 0.157. The second-order valence-electron chi connectivity index (χ2n) is 4.54. The lowest BCUT2D eigenvalue weighted by atomic mass is 10.1. The third kappa shape index (κ3) is 4.33. The molecule has 0 aliphatic carbocycles. The Morgan fingerprint density at radius 3 is 2.82 bits per heavy atom. The Morgan fingerprint density at radius 1 is 1.36 bits per heavy atom. The predicted octanol–water partition coefficient (Wildman–Crippen LogP) is 3.88. The number of hydrogen-bond acceptors (Lipinski definition) is 3. The number of hydrogen-bond donors (Lipinski definition) is 1. The largest absolute Gasteiger partial charge is 0.273 e. The Kier molecular flexibility index (Phi) is 5.98. The highest BCUT2D eigenvalue weighted by Crippen LogP contribution is 2.21. The molecule has 1 aliphatic heterocycles. The SMILES string of the molecule is C=C\C=C/C(=C\C)/C=C1/C(=O)NN=C1CSc1ccccc1. The van der Waals surface area contributed by atoms with Crippen LogP contribution in [0.5, 0.6) is 0 Å². The van der Waals surface area contributed by atoms with E-state index in [0.717, 1.165) is 16.2 Å². The number of carbonyl (C=O) groups is 1. The van der Waals surface area contributed by atoms with Crippen molar-refractivity contribution in [3.05, 3.63) is 78.4 Å². The van der Waals surface area contributed by atoms with Gasteiger partial charge in [-0.3, -0.25) is 4.79 Å². The van der Waals surface area contributed by atoms with E-state index in [0.29, 0.717) is 11.3 Å². The lowest BCUT2D eigenvalue weighted by Crippen LogP contribution is -2.14. The fourth-order valence-electron chi connectivity index (χ4n) is 1.87. The van der Waals surface area contributed by atoms with Crippen LogP contribution in [0.25, 0.3) is 0 Å². The molecule has 0 unspecified atom stereocenters. The van der Waals surface area contributed by atoms with Crippen molar-refractivity contribution in [3.8, 4) is 0 Å². The number of carbonyl (C=O) groups excluding carboxylic acids is 1. The molecule has 1 aliphatic rings. The van der Waals surface area contributed by atoms with Gasteiger partial charge < -0.3 is 0 Å². The average Bonchev–Trinajstić information content (AvgIpc) is 2.90. The van der Waals surface area contributed by atoms with Gasteiger partial charge in [-0.2, -0.15) is 5.10 Å². The second-order valence-corrected chi connectivity index (χ2v) is 5.59. The standard InChI is InChI=1S/C18H18N2OS/c1-3-5-9-14(4-2)12-16-17(19-20-18(16)21)13-22-15-10-7-6-8-11-15/h3-12H,1,13H2,2H3,(H,20,21)/b9-5-,14-4+,16-12+. The van der Waals surface area contributed by atoms with Gasteiger partial charge in [0.05, 0.1) is 11.3 Å². The Morgan fingerprint density at radius 2 is 2.14 bits per heavy atom. The van der Waals surface area contributed by atoms with Crippen molar-refractivity contribution in [2.24, 2.45) is 5.10 Å². The molecule has 2 rings (SSSR count). The van der Waals surface area contributed by atoms with Crippen LogP contribution in [0.1, 0.15) is 6.92 Å². The highest BCUT2D eigenvalue weighted by Gasteiger charge is 2.22. The van der Waals surface area contributed by atoms with Crippen LogP contribution in [0.15, 0.2) is 88.4 Å². The van der Waals surface area contributed by atoms with E-state index in [1.54, 1.807) is 17.8 Å². The Labute approximate surface area is 135 Å². The zero-order valence-corrected chi connectivity index (χ0v) is 13.3. The molecule has 0 fully saturated rings. The topological polar surface area (TPSA) is 41.5 Å². The molecule has 1 aromatic rings. The summed E-state index contributed by atoms with van der Waals surface area (Å²) in [5.74, 6) is 0.492. The zero-order valence-electron chi connectivity index (χ0n) is 12.5. The Hall–Kier alpha value is -2.33. The Balaban J connectivity index is 2.12. The highest BCUT2D eigenvalue weighted by atomic mass is 32.2. The highest BCUT2D eigenvalue weighted by molar-refractivity contribution is 8.00. The molecule has 0 saturated heterocycles. The molecule has 0 radical (unpaired) electrons. The van der Waals surface area contributed by atoms with Gasteiger partial charge in [-0.15, -0.1) is 11.8 Å². The first-order valence-corrected chi connectivity index (χ1v) is 7.95. The van der Waals surface area contributed by atoms with Gasteiger partial charge in [0.25, 0.3) is 5.91 Å². The number of rotatable bonds is 6. The molecule has 1 amide bonds. The minimum Gasteiger partial charge on any atom is -0.267 e. The first kappa shape index (κ1) is 16.0. The van der Waals surface area contributed by atoms with E-state index in [1.807, 2.05) is 61.6 Å². The quantitative estimate of drug-likeness (QED) is 0.492. The van der Waals surface area contributed by atoms with Gasteiger partial charge in [-0.25, -0.2) is 5.43 Å². The molecule has 1 heterocycles. The van der Waals surface area contributed by atoms with Gasteiger partial charge in [0.2, 0.25) is 0 Å². The molecule has 0 bridgehead atoms. The fraction of sp³-hybridized carbons (Fsp3) is 0.111. The first-order valence-electron chi connectivity index (χ1n) is 6.97. The molecule has 4 heteroatoms. The summed E-state index contributed by atoms with van der Waals surface area (Å²) in [7, 11) is 0. The molecular formula is C18H18N2OS. The van der Waals surface area contributed by atoms with Crippen LogP contribution in [-0.2, 0) is 4.79 Å². The van der Waals surface area contributed by atoms with Gasteiger partial charge in [-0.1, -0.05) is 49.1 Å². The van der Waals surface area contributed by atoms with Crippen LogP contribution in [-0.4, -0.2) is 17.4 Å². The summed E-state index contributed by atoms with van der Waals surface area (Å²) >= 11 is 1.66. The van der Waals surface area contributed by atoms with Gasteiger partial charge in [0.1, 0.15) is 0 Å². The Bertz CT molecular complexity index is 670. The lowest BCUT2D eigenvalue weighted by Gasteiger charge is -2.02. The van der Waals surface area contributed by atoms with Crippen molar-refractivity contribution < 1.29 is 4.79 Å². The molecular weight excluding hydrogens is 292 g/mol. The molecule has 0 aromatic heterocycles. The molecule has 22 heavy (non-hydrogen) atoms. The van der Waals surface area contributed by atoms with E-state index in [9.17, 15) is 4.79 Å². The third-order valence-electron chi connectivity index (χ3n) is 3.04. The maximum absolute atomic E-state index is 11.9. The molecule has 0 saturated carbocycles. The van der Waals surface area contributed by atoms with Crippen LogP contribution in [0.4, 0.5) is 0 Å². The maximum Gasteiger partial charge on any atom is 0.273 e. The lowest BCUT2D eigenvalue weighted by molar-refractivity contribution is -0.116. The minimum atomic E-state index is -0.157. The molecule has 112 valence electrons. The zero-order chi connectivity index (χ0) is 15.8. The van der Waals surface area contributed by atoms with Crippen molar-refractivity contribution in [1.29, 1.82) is 0 Å². The van der Waals surface area contributed by atoms with Gasteiger partial charge >= 0.3 is 0 Å². The van der Waals surface area contributed by atoms with E-state index in [4.69, 9.17) is 0 Å². The summed E-state index contributed by atoms with van der Waals surface area (Å²) in [4.78, 5) is 13.1. The monoisotopic (exact) mass is 310 g/mol. The summed E-state index contributed by atoms with van der Waals surface area (Å²) < 4.78 is 0. The summed E-state index contributed by atoms with van der Waals surface area (Å²) in [6.45, 7) is 5.58. The number of amides is 1. The van der Waals surface area contributed by atoms with Crippen LogP contribution in [0.3, 0.4) is 0 Å². The summed E-state index contributed by atoms with van der Waals surface area (Å²) in [5, 5.41) is 4.14. The smallest absolute Gasteiger partial charge is 0.267 e. The third-order valence-corrected chi connectivity index (χ3v) is 4.06. The van der Waals surface area contributed by atoms with Crippen molar-refractivity contribution in [2.45, 2.75) is 11.8 Å². The van der Waals surface area contributed by atoms with Crippen LogP contribution < -0.4 is 5.43 Å². The first-order chi connectivity index (χ1) is 10.7. The van der Waals surface area contributed by atoms with Crippen molar-refractivity contribution >= 4 is 23.4 Å². The fourth-order valence-corrected chi connectivity index (χ4v) is 2.74. The molecule has 0 atom stereocenters. The van der Waals surface area contributed by atoms with Crippen molar-refractivity contribution in [2.75, 3.05) is 5.75 Å². The second kappa shape index (κ2) is 8.20. The molecule has 3 nitrogen and oxygen atoms in total. The average molecular weight is 310 g/mol.